The third kappa shape index (κ3) is 3.39. The molecular formula is C31H34. The van der Waals surface area contributed by atoms with Crippen LogP contribution in [0.3, 0.4) is 0 Å². The van der Waals surface area contributed by atoms with Crippen molar-refractivity contribution >= 4 is 0 Å². The van der Waals surface area contributed by atoms with Crippen molar-refractivity contribution in [3.05, 3.63) is 128 Å². The average molecular weight is 407 g/mol. The van der Waals surface area contributed by atoms with E-state index in [-0.39, 0.29) is 5.41 Å². The smallest absolute Gasteiger partial charge is 0.0632 e. The molecule has 1 aliphatic carbocycles. The van der Waals surface area contributed by atoms with Crippen molar-refractivity contribution in [1.29, 1.82) is 0 Å². The molecule has 3 aromatic rings. The van der Waals surface area contributed by atoms with Crippen LogP contribution in [0.1, 0.15) is 61.1 Å². The molecule has 0 spiro atoms. The fourth-order valence-corrected chi connectivity index (χ4v) is 5.57. The lowest BCUT2D eigenvalue weighted by molar-refractivity contribution is 0.625. The van der Waals surface area contributed by atoms with E-state index in [4.69, 9.17) is 0 Å². The third-order valence-corrected chi connectivity index (χ3v) is 7.40. The van der Waals surface area contributed by atoms with E-state index in [1.807, 2.05) is 0 Å². The summed E-state index contributed by atoms with van der Waals surface area (Å²) in [6.45, 7) is 15.9. The quantitative estimate of drug-likeness (QED) is 0.383. The zero-order chi connectivity index (χ0) is 22.3. The van der Waals surface area contributed by atoms with Gasteiger partial charge in [0.1, 0.15) is 0 Å². The summed E-state index contributed by atoms with van der Waals surface area (Å²) in [5.41, 5.74) is 13.5. The van der Waals surface area contributed by atoms with E-state index in [9.17, 15) is 0 Å². The summed E-state index contributed by atoms with van der Waals surface area (Å²) in [4.78, 5) is 0. The Morgan fingerprint density at radius 2 is 0.935 bits per heavy atom. The first kappa shape index (κ1) is 21.4. The van der Waals surface area contributed by atoms with Crippen molar-refractivity contribution in [2.45, 2.75) is 53.9 Å². The predicted molar refractivity (Wildman–Crippen MR) is 134 cm³/mol. The Morgan fingerprint density at radius 1 is 0.548 bits per heavy atom. The molecule has 1 atom stereocenters. The monoisotopic (exact) mass is 406 g/mol. The van der Waals surface area contributed by atoms with Gasteiger partial charge in [-0.2, -0.15) is 0 Å². The highest BCUT2D eigenvalue weighted by Gasteiger charge is 2.45. The summed E-state index contributed by atoms with van der Waals surface area (Å²) < 4.78 is 0. The fourth-order valence-electron chi connectivity index (χ4n) is 5.57. The summed E-state index contributed by atoms with van der Waals surface area (Å²) in [6, 6.07) is 27.4. The molecule has 31 heavy (non-hydrogen) atoms. The molecule has 1 aliphatic rings. The van der Waals surface area contributed by atoms with E-state index in [1.54, 1.807) is 0 Å². The van der Waals surface area contributed by atoms with Gasteiger partial charge in [-0.25, -0.2) is 0 Å². The number of allylic oxidation sites excluding steroid dienone is 4. The van der Waals surface area contributed by atoms with Gasteiger partial charge in [0, 0.05) is 5.92 Å². The third-order valence-electron chi connectivity index (χ3n) is 7.40. The maximum atomic E-state index is 2.39. The standard InChI is InChI=1S/C31H34/c1-20-11-8-14-27(17-20)31(28-15-9-12-21(2)18-28,29-16-10-13-22(3)19-29)30-25(6)23(4)24(5)26(30)7/h8-19,25H,1-7H3. The van der Waals surface area contributed by atoms with E-state index in [1.165, 1.54) is 55.7 Å². The van der Waals surface area contributed by atoms with Gasteiger partial charge in [0.15, 0.2) is 0 Å². The second-order valence-electron chi connectivity index (χ2n) is 9.43. The summed E-state index contributed by atoms with van der Waals surface area (Å²) >= 11 is 0. The van der Waals surface area contributed by atoms with E-state index in [0.717, 1.165) is 0 Å². The minimum absolute atomic E-state index is 0.327. The number of hydrogen-bond donors (Lipinski definition) is 0. The molecule has 0 amide bonds. The highest BCUT2D eigenvalue weighted by Crippen LogP contribution is 2.54. The SMILES string of the molecule is CC1=C(C)C(C)C(C(c2cccc(C)c2)(c2cccc(C)c2)c2cccc(C)c2)=C1C. The van der Waals surface area contributed by atoms with Gasteiger partial charge in [0.25, 0.3) is 0 Å². The number of benzene rings is 3. The Balaban J connectivity index is 2.21. The molecule has 3 aromatic carbocycles. The molecule has 0 saturated carbocycles. The summed E-state index contributed by atoms with van der Waals surface area (Å²) in [6.07, 6.45) is 0. The first-order chi connectivity index (χ1) is 14.8. The minimum Gasteiger partial charge on any atom is -0.0632 e. The molecule has 0 fully saturated rings. The lowest BCUT2D eigenvalue weighted by atomic mass is 9.61. The van der Waals surface area contributed by atoms with Crippen molar-refractivity contribution in [2.75, 3.05) is 0 Å². The molecule has 158 valence electrons. The average Bonchev–Trinajstić information content (AvgIpc) is 2.93. The maximum absolute atomic E-state index is 2.39. The summed E-state index contributed by atoms with van der Waals surface area (Å²) in [5.74, 6) is 0.390. The van der Waals surface area contributed by atoms with Gasteiger partial charge < -0.3 is 0 Å². The molecule has 0 heteroatoms. The Labute approximate surface area is 188 Å². The van der Waals surface area contributed by atoms with Crippen LogP contribution in [0.15, 0.2) is 95.1 Å². The van der Waals surface area contributed by atoms with Gasteiger partial charge in [0.2, 0.25) is 0 Å². The largest absolute Gasteiger partial charge is 0.0673 e. The van der Waals surface area contributed by atoms with Crippen molar-refractivity contribution in [2.24, 2.45) is 5.92 Å². The zero-order valence-corrected chi connectivity index (χ0v) is 20.0. The van der Waals surface area contributed by atoms with Gasteiger partial charge in [-0.05, 0) is 75.0 Å². The van der Waals surface area contributed by atoms with Crippen molar-refractivity contribution in [3.63, 3.8) is 0 Å². The van der Waals surface area contributed by atoms with Crippen LogP contribution in [-0.4, -0.2) is 0 Å². The number of rotatable bonds is 4. The number of aryl methyl sites for hydroxylation is 3. The maximum Gasteiger partial charge on any atom is 0.0673 e. The van der Waals surface area contributed by atoms with Crippen molar-refractivity contribution in [3.8, 4) is 0 Å². The molecule has 1 unspecified atom stereocenters. The molecule has 0 nitrogen and oxygen atoms in total. The Kier molecular flexibility index (Phi) is 5.52. The van der Waals surface area contributed by atoms with Gasteiger partial charge in [0.05, 0.1) is 5.41 Å². The van der Waals surface area contributed by atoms with E-state index >= 15 is 0 Å². The molecular weight excluding hydrogens is 372 g/mol. The normalized spacial score (nSPS) is 16.9. The van der Waals surface area contributed by atoms with E-state index in [0.29, 0.717) is 5.92 Å². The van der Waals surface area contributed by atoms with Crippen LogP contribution >= 0.6 is 0 Å². The van der Waals surface area contributed by atoms with Gasteiger partial charge >= 0.3 is 0 Å². The Morgan fingerprint density at radius 3 is 1.23 bits per heavy atom. The molecule has 0 saturated heterocycles. The highest BCUT2D eigenvalue weighted by molar-refractivity contribution is 5.66. The topological polar surface area (TPSA) is 0 Å². The van der Waals surface area contributed by atoms with Crippen LogP contribution in [0.5, 0.6) is 0 Å². The highest BCUT2D eigenvalue weighted by atomic mass is 14.5. The van der Waals surface area contributed by atoms with Gasteiger partial charge in [-0.3, -0.25) is 0 Å². The van der Waals surface area contributed by atoms with Crippen LogP contribution in [-0.2, 0) is 5.41 Å². The predicted octanol–water partition coefficient (Wildman–Crippen LogP) is 8.25. The first-order valence-electron chi connectivity index (χ1n) is 11.4. The molecule has 4 rings (SSSR count). The number of hydrogen-bond acceptors (Lipinski definition) is 0. The second kappa shape index (κ2) is 8.00. The lowest BCUT2D eigenvalue weighted by Gasteiger charge is -2.41. The molecule has 0 aromatic heterocycles. The fraction of sp³-hybridized carbons (Fsp3) is 0.290. The summed E-state index contributed by atoms with van der Waals surface area (Å²) in [7, 11) is 0. The van der Waals surface area contributed by atoms with E-state index in [2.05, 4.69) is 121 Å². The minimum atomic E-state index is -0.327. The van der Waals surface area contributed by atoms with Crippen LogP contribution in [0.25, 0.3) is 0 Å². The van der Waals surface area contributed by atoms with Crippen molar-refractivity contribution < 1.29 is 0 Å². The lowest BCUT2D eigenvalue weighted by Crippen LogP contribution is -2.35. The van der Waals surface area contributed by atoms with Crippen molar-refractivity contribution in [1.82, 2.24) is 0 Å². The van der Waals surface area contributed by atoms with Gasteiger partial charge in [-0.1, -0.05) is 102 Å². The van der Waals surface area contributed by atoms with Crippen LogP contribution in [0, 0.1) is 26.7 Å². The molecule has 0 heterocycles. The van der Waals surface area contributed by atoms with Crippen LogP contribution in [0.4, 0.5) is 0 Å². The summed E-state index contributed by atoms with van der Waals surface area (Å²) in [5, 5.41) is 0. The molecule has 0 bridgehead atoms. The zero-order valence-electron chi connectivity index (χ0n) is 20.0. The second-order valence-corrected chi connectivity index (χ2v) is 9.43. The van der Waals surface area contributed by atoms with Crippen LogP contribution < -0.4 is 0 Å². The van der Waals surface area contributed by atoms with Gasteiger partial charge in [-0.15, -0.1) is 0 Å². The Hall–Kier alpha value is -2.86. The molecule has 0 N–H and O–H groups in total. The molecule has 0 aliphatic heterocycles. The Bertz CT molecular complexity index is 1090. The van der Waals surface area contributed by atoms with E-state index < -0.39 is 0 Å². The van der Waals surface area contributed by atoms with Crippen LogP contribution in [0.2, 0.25) is 0 Å². The first-order valence-corrected chi connectivity index (χ1v) is 11.4. The molecule has 0 radical (unpaired) electrons.